The lowest BCUT2D eigenvalue weighted by atomic mass is 10.0. The quantitative estimate of drug-likeness (QED) is 0.880. The van der Waals surface area contributed by atoms with Crippen molar-refractivity contribution in [2.24, 2.45) is 5.73 Å². The molecule has 0 saturated carbocycles. The molecule has 1 atom stereocenters. The van der Waals surface area contributed by atoms with Crippen molar-refractivity contribution in [2.75, 3.05) is 13.1 Å². The van der Waals surface area contributed by atoms with Crippen LogP contribution in [0.4, 0.5) is 0 Å². The highest BCUT2D eigenvalue weighted by molar-refractivity contribution is 5.94. The summed E-state index contributed by atoms with van der Waals surface area (Å²) in [6.07, 6.45) is 1.55. The van der Waals surface area contributed by atoms with Crippen LogP contribution in [-0.4, -0.2) is 41.9 Å². The monoisotopic (exact) mass is 311 g/mol. The van der Waals surface area contributed by atoms with Crippen LogP contribution in [0.25, 0.3) is 0 Å². The van der Waals surface area contributed by atoms with Crippen LogP contribution in [0, 0.1) is 0 Å². The van der Waals surface area contributed by atoms with Crippen LogP contribution in [0.5, 0.6) is 0 Å². The molecule has 0 aliphatic carbocycles. The number of halogens is 1. The highest BCUT2D eigenvalue weighted by Crippen LogP contribution is 2.12. The number of likely N-dealkylation sites (tertiary alicyclic amines) is 1. The first-order valence-corrected chi connectivity index (χ1v) is 6.98. The first-order chi connectivity index (χ1) is 9.58. The van der Waals surface area contributed by atoms with Crippen LogP contribution >= 0.6 is 12.4 Å². The Morgan fingerprint density at radius 2 is 1.81 bits per heavy atom. The van der Waals surface area contributed by atoms with E-state index < -0.39 is 6.04 Å². The van der Waals surface area contributed by atoms with E-state index in [1.165, 1.54) is 0 Å². The summed E-state index contributed by atoms with van der Waals surface area (Å²) >= 11 is 0. The summed E-state index contributed by atoms with van der Waals surface area (Å²) in [4.78, 5) is 25.6. The SMILES string of the molecule is CC(N)C(=O)N1CCC(NC(=O)c2ccccc2)CC1.Cl. The number of hydrogen-bond donors (Lipinski definition) is 2. The molecular formula is C15H22ClN3O2. The standard InChI is InChI=1S/C15H21N3O2.ClH/c1-11(16)15(20)18-9-7-13(8-10-18)17-14(19)12-5-3-2-4-6-12;/h2-6,11,13H,7-10,16H2,1H3,(H,17,19);1H. The van der Waals surface area contributed by atoms with Crippen molar-refractivity contribution >= 4 is 24.2 Å². The van der Waals surface area contributed by atoms with Gasteiger partial charge in [-0.25, -0.2) is 0 Å². The summed E-state index contributed by atoms with van der Waals surface area (Å²) in [6.45, 7) is 3.01. The molecule has 1 unspecified atom stereocenters. The van der Waals surface area contributed by atoms with Crippen LogP contribution in [0.3, 0.4) is 0 Å². The Hall–Kier alpha value is -1.59. The van der Waals surface area contributed by atoms with E-state index >= 15 is 0 Å². The van der Waals surface area contributed by atoms with Gasteiger partial charge in [-0.1, -0.05) is 18.2 Å². The van der Waals surface area contributed by atoms with Gasteiger partial charge in [-0.3, -0.25) is 9.59 Å². The fraction of sp³-hybridized carbons (Fsp3) is 0.467. The molecule has 1 fully saturated rings. The predicted octanol–water partition coefficient (Wildman–Crippen LogP) is 1.18. The third-order valence-corrected chi connectivity index (χ3v) is 3.57. The van der Waals surface area contributed by atoms with Gasteiger partial charge in [0.05, 0.1) is 6.04 Å². The van der Waals surface area contributed by atoms with Crippen LogP contribution in [0.2, 0.25) is 0 Å². The highest BCUT2D eigenvalue weighted by atomic mass is 35.5. The minimum atomic E-state index is -0.453. The molecule has 1 heterocycles. The number of benzene rings is 1. The molecule has 0 spiro atoms. The summed E-state index contributed by atoms with van der Waals surface area (Å²) in [5.41, 5.74) is 6.27. The molecule has 6 heteroatoms. The average molecular weight is 312 g/mol. The van der Waals surface area contributed by atoms with E-state index in [1.807, 2.05) is 18.2 Å². The Balaban J connectivity index is 0.00000220. The average Bonchev–Trinajstić information content (AvgIpc) is 2.48. The van der Waals surface area contributed by atoms with E-state index in [9.17, 15) is 9.59 Å². The van der Waals surface area contributed by atoms with Gasteiger partial charge in [0.15, 0.2) is 0 Å². The fourth-order valence-corrected chi connectivity index (χ4v) is 2.39. The van der Waals surface area contributed by atoms with E-state index in [0.717, 1.165) is 12.8 Å². The summed E-state index contributed by atoms with van der Waals surface area (Å²) in [5, 5.41) is 3.02. The molecule has 1 aromatic rings. The van der Waals surface area contributed by atoms with Crippen molar-refractivity contribution < 1.29 is 9.59 Å². The number of rotatable bonds is 3. The van der Waals surface area contributed by atoms with Gasteiger partial charge in [0.25, 0.3) is 5.91 Å². The Morgan fingerprint density at radius 3 is 2.33 bits per heavy atom. The number of hydrogen-bond acceptors (Lipinski definition) is 3. The van der Waals surface area contributed by atoms with Gasteiger partial charge in [-0.2, -0.15) is 0 Å². The molecule has 5 nitrogen and oxygen atoms in total. The number of nitrogens with two attached hydrogens (primary N) is 1. The number of nitrogens with zero attached hydrogens (tertiary/aromatic N) is 1. The lowest BCUT2D eigenvalue weighted by Crippen LogP contribution is -2.50. The number of piperidine rings is 1. The van der Waals surface area contributed by atoms with Gasteiger partial charge in [0, 0.05) is 24.7 Å². The van der Waals surface area contributed by atoms with E-state index in [1.54, 1.807) is 24.0 Å². The highest BCUT2D eigenvalue weighted by Gasteiger charge is 2.25. The maximum atomic E-state index is 12.0. The Morgan fingerprint density at radius 1 is 1.24 bits per heavy atom. The van der Waals surface area contributed by atoms with Crippen molar-refractivity contribution in [1.29, 1.82) is 0 Å². The summed E-state index contributed by atoms with van der Waals surface area (Å²) < 4.78 is 0. The third kappa shape index (κ3) is 4.72. The lowest BCUT2D eigenvalue weighted by molar-refractivity contribution is -0.133. The van der Waals surface area contributed by atoms with Crippen molar-refractivity contribution in [3.8, 4) is 0 Å². The Bertz CT molecular complexity index is 471. The topological polar surface area (TPSA) is 75.4 Å². The second kappa shape index (κ2) is 8.00. The molecule has 1 aliphatic heterocycles. The van der Waals surface area contributed by atoms with E-state index in [0.29, 0.717) is 18.7 Å². The van der Waals surface area contributed by atoms with Gasteiger partial charge in [0.1, 0.15) is 0 Å². The van der Waals surface area contributed by atoms with Gasteiger partial charge in [-0.05, 0) is 31.9 Å². The van der Waals surface area contributed by atoms with E-state index in [4.69, 9.17) is 5.73 Å². The number of carbonyl (C=O) groups excluding carboxylic acids is 2. The minimum absolute atomic E-state index is 0. The first-order valence-electron chi connectivity index (χ1n) is 6.98. The zero-order chi connectivity index (χ0) is 14.5. The van der Waals surface area contributed by atoms with Crippen molar-refractivity contribution in [3.63, 3.8) is 0 Å². The van der Waals surface area contributed by atoms with Crippen molar-refractivity contribution in [2.45, 2.75) is 31.8 Å². The maximum Gasteiger partial charge on any atom is 0.251 e. The number of amides is 2. The molecule has 1 saturated heterocycles. The number of nitrogens with one attached hydrogen (secondary N) is 1. The van der Waals surface area contributed by atoms with Crippen molar-refractivity contribution in [1.82, 2.24) is 10.2 Å². The number of carbonyl (C=O) groups is 2. The third-order valence-electron chi connectivity index (χ3n) is 3.57. The minimum Gasteiger partial charge on any atom is -0.349 e. The molecule has 21 heavy (non-hydrogen) atoms. The van der Waals surface area contributed by atoms with Crippen LogP contribution in [-0.2, 0) is 4.79 Å². The normalized spacial score (nSPS) is 16.8. The smallest absolute Gasteiger partial charge is 0.251 e. The van der Waals surface area contributed by atoms with Crippen LogP contribution in [0.1, 0.15) is 30.1 Å². The zero-order valence-electron chi connectivity index (χ0n) is 12.1. The van der Waals surface area contributed by atoms with Gasteiger partial charge in [-0.15, -0.1) is 12.4 Å². The molecule has 0 aromatic heterocycles. The van der Waals surface area contributed by atoms with Gasteiger partial charge < -0.3 is 16.0 Å². The lowest BCUT2D eigenvalue weighted by Gasteiger charge is -2.33. The second-order valence-corrected chi connectivity index (χ2v) is 5.23. The van der Waals surface area contributed by atoms with Gasteiger partial charge in [0.2, 0.25) is 5.91 Å². The van der Waals surface area contributed by atoms with Crippen molar-refractivity contribution in [3.05, 3.63) is 35.9 Å². The predicted molar refractivity (Wildman–Crippen MR) is 84.4 cm³/mol. The fourth-order valence-electron chi connectivity index (χ4n) is 2.39. The summed E-state index contributed by atoms with van der Waals surface area (Å²) in [6, 6.07) is 8.84. The van der Waals surface area contributed by atoms with E-state index in [-0.39, 0.29) is 30.3 Å². The Labute approximate surface area is 131 Å². The molecule has 1 aliphatic rings. The molecular weight excluding hydrogens is 290 g/mol. The molecule has 116 valence electrons. The Kier molecular flexibility index (Phi) is 6.65. The second-order valence-electron chi connectivity index (χ2n) is 5.23. The van der Waals surface area contributed by atoms with Crippen LogP contribution < -0.4 is 11.1 Å². The maximum absolute atomic E-state index is 12.0. The van der Waals surface area contributed by atoms with Crippen LogP contribution in [0.15, 0.2) is 30.3 Å². The molecule has 1 aromatic carbocycles. The molecule has 2 rings (SSSR count). The molecule has 0 radical (unpaired) electrons. The zero-order valence-corrected chi connectivity index (χ0v) is 12.9. The van der Waals surface area contributed by atoms with Gasteiger partial charge >= 0.3 is 0 Å². The molecule has 0 bridgehead atoms. The summed E-state index contributed by atoms with van der Waals surface area (Å²) in [5.74, 6) is -0.0691. The first kappa shape index (κ1) is 17.5. The van der Waals surface area contributed by atoms with E-state index in [2.05, 4.69) is 5.32 Å². The molecule has 2 amide bonds. The largest absolute Gasteiger partial charge is 0.349 e. The summed E-state index contributed by atoms with van der Waals surface area (Å²) in [7, 11) is 0. The molecule has 3 N–H and O–H groups in total.